The van der Waals surface area contributed by atoms with E-state index >= 15 is 0 Å². The van der Waals surface area contributed by atoms with Crippen molar-refractivity contribution in [2.24, 2.45) is 0 Å². The van der Waals surface area contributed by atoms with Gasteiger partial charge in [-0.3, -0.25) is 0 Å². The van der Waals surface area contributed by atoms with Gasteiger partial charge in [0, 0.05) is 31.8 Å². The molecule has 0 aliphatic carbocycles. The predicted octanol–water partition coefficient (Wildman–Crippen LogP) is 2.71. The van der Waals surface area contributed by atoms with E-state index in [0.29, 0.717) is 13.2 Å². The van der Waals surface area contributed by atoms with Gasteiger partial charge in [0.1, 0.15) is 0 Å². The Kier molecular flexibility index (Phi) is 84.5. The van der Waals surface area contributed by atoms with Gasteiger partial charge in [-0.1, -0.05) is 26.7 Å². The molecule has 0 spiro atoms. The Balaban J connectivity index is -0.0000000267. The number of rotatable bonds is 4. The minimum Gasteiger partial charge on any atom is -0.396 e. The van der Waals surface area contributed by atoms with Crippen molar-refractivity contribution in [2.45, 2.75) is 39.5 Å². The van der Waals surface area contributed by atoms with E-state index in [1.54, 1.807) is 0 Å². The Morgan fingerprint density at radius 3 is 1.00 bits per heavy atom. The molecule has 2 nitrogen and oxygen atoms in total. The van der Waals surface area contributed by atoms with Crippen LogP contribution >= 0.6 is 34.0 Å². The summed E-state index contributed by atoms with van der Waals surface area (Å²) >= 11 is 0. The van der Waals surface area contributed by atoms with Crippen molar-refractivity contribution in [3.05, 3.63) is 0 Å². The summed E-state index contributed by atoms with van der Waals surface area (Å²) in [6.45, 7) is 4.79. The van der Waals surface area contributed by atoms with Crippen molar-refractivity contribution < 1.29 is 28.8 Å². The first-order valence-corrected chi connectivity index (χ1v) is 4.05. The first-order chi connectivity index (χ1) is 4.83. The van der Waals surface area contributed by atoms with Gasteiger partial charge in [-0.05, 0) is 12.8 Å². The second-order valence-electron chi connectivity index (χ2n) is 2.15. The average molecular weight is 361 g/mol. The maximum absolute atomic E-state index is 8.07. The summed E-state index contributed by atoms with van der Waals surface area (Å²) in [4.78, 5) is 0. The molecule has 13 heavy (non-hydrogen) atoms. The summed E-state index contributed by atoms with van der Waals surface area (Å²) in [5.74, 6) is 0. The number of aliphatic hydroxyl groups excluding tert-OH is 2. The van der Waals surface area contributed by atoms with Crippen molar-refractivity contribution in [3.63, 3.8) is 0 Å². The third-order valence-corrected chi connectivity index (χ3v) is 1.02. The topological polar surface area (TPSA) is 40.5 Å². The molecule has 5 heteroatoms. The molecule has 0 aromatic rings. The molecule has 0 bridgehead atoms. The van der Waals surface area contributed by atoms with E-state index < -0.39 is 0 Å². The van der Waals surface area contributed by atoms with Gasteiger partial charge in [-0.2, -0.15) is 0 Å². The fraction of sp³-hybridized carbons (Fsp3) is 1.00. The summed E-state index contributed by atoms with van der Waals surface area (Å²) in [6, 6.07) is 0. The van der Waals surface area contributed by atoms with E-state index in [4.69, 9.17) is 10.2 Å². The standard InChI is InChI=1S/2C4H10O.2BrH.V/c2*1-2-3-4-5;;;/h2*5H,2-4H2,1H3;2*1H;. The quantitative estimate of drug-likeness (QED) is 0.809. The van der Waals surface area contributed by atoms with E-state index in [1.165, 1.54) is 0 Å². The van der Waals surface area contributed by atoms with Crippen LogP contribution in [-0.4, -0.2) is 23.4 Å². The largest absolute Gasteiger partial charge is 0.396 e. The molecular weight excluding hydrogens is 339 g/mol. The zero-order valence-electron chi connectivity index (χ0n) is 8.40. The molecule has 0 heterocycles. The molecule has 0 fully saturated rings. The Hall–Kier alpha value is 1.46. The molecule has 0 aliphatic heterocycles. The second-order valence-corrected chi connectivity index (χ2v) is 2.15. The normalized spacial score (nSPS) is 6.46. The van der Waals surface area contributed by atoms with Gasteiger partial charge in [0.25, 0.3) is 0 Å². The van der Waals surface area contributed by atoms with E-state index in [9.17, 15) is 0 Å². The number of hydrogen-bond acceptors (Lipinski definition) is 2. The van der Waals surface area contributed by atoms with Gasteiger partial charge < -0.3 is 10.2 Å². The number of aliphatic hydroxyl groups is 2. The van der Waals surface area contributed by atoms with Gasteiger partial charge in [-0.25, -0.2) is 0 Å². The van der Waals surface area contributed by atoms with Crippen LogP contribution in [0.25, 0.3) is 0 Å². The number of halogens is 2. The summed E-state index contributed by atoms with van der Waals surface area (Å²) in [7, 11) is 0. The summed E-state index contributed by atoms with van der Waals surface area (Å²) in [5, 5.41) is 16.1. The van der Waals surface area contributed by atoms with Crippen LogP contribution in [0.1, 0.15) is 39.5 Å². The van der Waals surface area contributed by atoms with E-state index in [2.05, 4.69) is 13.8 Å². The van der Waals surface area contributed by atoms with Gasteiger partial charge in [0.2, 0.25) is 0 Å². The minimum atomic E-state index is 0. The van der Waals surface area contributed by atoms with Gasteiger partial charge in [0.15, 0.2) is 0 Å². The van der Waals surface area contributed by atoms with Crippen molar-refractivity contribution in [2.75, 3.05) is 13.2 Å². The molecule has 0 unspecified atom stereocenters. The molecule has 85 valence electrons. The summed E-state index contributed by atoms with van der Waals surface area (Å²) in [5.41, 5.74) is 0. The van der Waals surface area contributed by atoms with Crippen molar-refractivity contribution in [1.29, 1.82) is 0 Å². The first kappa shape index (κ1) is 29.3. The Labute approximate surface area is 115 Å². The Bertz CT molecular complexity index is 41.1. The molecule has 0 saturated carbocycles. The van der Waals surface area contributed by atoms with Crippen LogP contribution in [0.15, 0.2) is 0 Å². The molecule has 2 N–H and O–H groups in total. The fourth-order valence-electron chi connectivity index (χ4n) is 0.316. The molecule has 0 rings (SSSR count). The maximum Gasteiger partial charge on any atom is 0.0430 e. The fourth-order valence-corrected chi connectivity index (χ4v) is 0.316. The Morgan fingerprint density at radius 1 is 0.769 bits per heavy atom. The first-order valence-electron chi connectivity index (χ1n) is 4.05. The van der Waals surface area contributed by atoms with E-state index in [-0.39, 0.29) is 52.5 Å². The monoisotopic (exact) mass is 359 g/mol. The molecular formula is C8H22Br2O2V. The van der Waals surface area contributed by atoms with Crippen LogP contribution in [0.3, 0.4) is 0 Å². The second kappa shape index (κ2) is 37.5. The summed E-state index contributed by atoms with van der Waals surface area (Å²) in [6.07, 6.45) is 4.08. The predicted molar refractivity (Wildman–Crippen MR) is 64.6 cm³/mol. The van der Waals surface area contributed by atoms with Gasteiger partial charge >= 0.3 is 0 Å². The van der Waals surface area contributed by atoms with Crippen molar-refractivity contribution in [1.82, 2.24) is 0 Å². The Morgan fingerprint density at radius 2 is 1.00 bits per heavy atom. The SMILES string of the molecule is Br.Br.CCCCO.CCCCO.[V]. The smallest absolute Gasteiger partial charge is 0.0430 e. The third kappa shape index (κ3) is 59.3. The van der Waals surface area contributed by atoms with Crippen LogP contribution < -0.4 is 0 Å². The van der Waals surface area contributed by atoms with E-state index in [1.807, 2.05) is 0 Å². The average Bonchev–Trinajstić information content (AvgIpc) is 1.93. The van der Waals surface area contributed by atoms with Gasteiger partial charge in [0.05, 0.1) is 0 Å². The zero-order chi connectivity index (χ0) is 8.24. The van der Waals surface area contributed by atoms with Crippen LogP contribution in [0.5, 0.6) is 0 Å². The molecule has 0 aliphatic rings. The molecule has 0 aromatic heterocycles. The van der Waals surface area contributed by atoms with Crippen LogP contribution in [0.4, 0.5) is 0 Å². The zero-order valence-corrected chi connectivity index (χ0v) is 13.2. The molecule has 0 saturated heterocycles. The molecule has 1 radical (unpaired) electrons. The van der Waals surface area contributed by atoms with E-state index in [0.717, 1.165) is 25.7 Å². The van der Waals surface area contributed by atoms with Crippen LogP contribution in [0.2, 0.25) is 0 Å². The van der Waals surface area contributed by atoms with Crippen LogP contribution in [-0.2, 0) is 18.6 Å². The van der Waals surface area contributed by atoms with Gasteiger partial charge in [-0.15, -0.1) is 34.0 Å². The summed E-state index contributed by atoms with van der Waals surface area (Å²) < 4.78 is 0. The van der Waals surface area contributed by atoms with Crippen molar-refractivity contribution >= 4 is 34.0 Å². The molecule has 0 amide bonds. The van der Waals surface area contributed by atoms with Crippen LogP contribution in [0, 0.1) is 0 Å². The number of hydrogen-bond donors (Lipinski definition) is 2. The third-order valence-electron chi connectivity index (χ3n) is 1.02. The maximum atomic E-state index is 8.07. The molecule has 0 aromatic carbocycles. The van der Waals surface area contributed by atoms with Crippen molar-refractivity contribution in [3.8, 4) is 0 Å². The minimum absolute atomic E-state index is 0. The number of unbranched alkanes of at least 4 members (excludes halogenated alkanes) is 2. The molecule has 0 atom stereocenters.